The summed E-state index contributed by atoms with van der Waals surface area (Å²) in [4.78, 5) is 11.9. The summed E-state index contributed by atoms with van der Waals surface area (Å²) < 4.78 is 1.05. The summed E-state index contributed by atoms with van der Waals surface area (Å²) in [5.41, 5.74) is 0.442. The van der Waals surface area contributed by atoms with Crippen LogP contribution in [0.4, 0.5) is 0 Å². The topological polar surface area (TPSA) is 52.9 Å². The number of halogens is 1. The lowest BCUT2D eigenvalue weighted by atomic mass is 9.69. The number of hydrogen-bond donors (Lipinski definition) is 1. The number of benzene rings is 1. The van der Waals surface area contributed by atoms with Crippen molar-refractivity contribution in [2.75, 3.05) is 6.54 Å². The molecule has 0 unspecified atom stereocenters. The van der Waals surface area contributed by atoms with Crippen LogP contribution in [-0.2, 0) is 11.2 Å². The lowest BCUT2D eigenvalue weighted by Crippen LogP contribution is -2.45. The Morgan fingerprint density at radius 3 is 2.56 bits per heavy atom. The molecule has 0 aliphatic heterocycles. The number of hydrogen-bond acceptors (Lipinski definition) is 2. The second kappa shape index (κ2) is 5.53. The van der Waals surface area contributed by atoms with Gasteiger partial charge in [-0.15, -0.1) is 0 Å². The summed E-state index contributed by atoms with van der Waals surface area (Å²) in [6.07, 6.45) is 3.18. The highest BCUT2D eigenvalue weighted by atomic mass is 79.9. The van der Waals surface area contributed by atoms with Crippen molar-refractivity contribution in [3.63, 3.8) is 0 Å². The molecule has 1 saturated carbocycles. The molecule has 0 aromatic heterocycles. The van der Waals surface area contributed by atoms with Gasteiger partial charge >= 0.3 is 0 Å². The first-order valence-electron chi connectivity index (χ1n) is 6.10. The smallest absolute Gasteiger partial charge is 0.240 e. The molecule has 0 heterocycles. The minimum absolute atomic E-state index is 0.103. The fraction of sp³-hybridized carbons (Fsp3) is 0.429. The van der Waals surface area contributed by atoms with Crippen LogP contribution in [0.3, 0.4) is 0 Å². The van der Waals surface area contributed by atoms with Gasteiger partial charge in [-0.3, -0.25) is 4.79 Å². The molecule has 18 heavy (non-hydrogen) atoms. The average molecular weight is 307 g/mol. The normalized spacial score (nSPS) is 16.4. The summed E-state index contributed by atoms with van der Waals surface area (Å²) >= 11 is 3.38. The zero-order valence-corrected chi connectivity index (χ0v) is 11.7. The average Bonchev–Trinajstić information content (AvgIpc) is 2.31. The van der Waals surface area contributed by atoms with Crippen LogP contribution in [0, 0.1) is 16.7 Å². The SMILES string of the molecule is N#CC1(C(=O)NCCc2ccc(Br)cc2)CCC1. The van der Waals surface area contributed by atoms with Gasteiger partial charge in [0.25, 0.3) is 0 Å². The van der Waals surface area contributed by atoms with Gasteiger partial charge in [-0.2, -0.15) is 5.26 Å². The molecule has 2 rings (SSSR count). The third kappa shape index (κ3) is 2.73. The van der Waals surface area contributed by atoms with Crippen molar-refractivity contribution in [1.29, 1.82) is 5.26 Å². The van der Waals surface area contributed by atoms with E-state index in [9.17, 15) is 4.79 Å². The van der Waals surface area contributed by atoms with E-state index in [-0.39, 0.29) is 5.91 Å². The molecule has 0 saturated heterocycles. The Hall–Kier alpha value is -1.34. The van der Waals surface area contributed by atoms with Gasteiger partial charge in [0.1, 0.15) is 5.41 Å². The largest absolute Gasteiger partial charge is 0.354 e. The van der Waals surface area contributed by atoms with E-state index in [1.165, 1.54) is 5.56 Å². The molecule has 1 aromatic carbocycles. The van der Waals surface area contributed by atoms with Crippen molar-refractivity contribution in [1.82, 2.24) is 5.32 Å². The van der Waals surface area contributed by atoms with E-state index < -0.39 is 5.41 Å². The summed E-state index contributed by atoms with van der Waals surface area (Å²) in [6, 6.07) is 10.2. The lowest BCUT2D eigenvalue weighted by Gasteiger charge is -2.33. The van der Waals surface area contributed by atoms with E-state index in [1.54, 1.807) is 0 Å². The molecular formula is C14H15BrN2O. The Morgan fingerprint density at radius 1 is 1.39 bits per heavy atom. The molecule has 1 N–H and O–H groups in total. The predicted octanol–water partition coefficient (Wildman–Crippen LogP) is 2.80. The Bertz CT molecular complexity index is 472. The van der Waals surface area contributed by atoms with E-state index >= 15 is 0 Å². The van der Waals surface area contributed by atoms with Crippen LogP contribution in [0.25, 0.3) is 0 Å². The van der Waals surface area contributed by atoms with Gasteiger partial charge in [-0.1, -0.05) is 28.1 Å². The van der Waals surface area contributed by atoms with Crippen LogP contribution in [-0.4, -0.2) is 12.5 Å². The first-order chi connectivity index (χ1) is 8.66. The molecule has 0 atom stereocenters. The number of carbonyl (C=O) groups excluding carboxylic acids is 1. The molecule has 3 nitrogen and oxygen atoms in total. The van der Waals surface area contributed by atoms with Gasteiger partial charge in [0.15, 0.2) is 0 Å². The maximum atomic E-state index is 11.9. The number of rotatable bonds is 4. The van der Waals surface area contributed by atoms with E-state index in [1.807, 2.05) is 24.3 Å². The molecule has 1 aliphatic carbocycles. The highest BCUT2D eigenvalue weighted by Crippen LogP contribution is 2.40. The highest BCUT2D eigenvalue weighted by molar-refractivity contribution is 9.10. The van der Waals surface area contributed by atoms with Gasteiger partial charge in [-0.05, 0) is 43.4 Å². The fourth-order valence-electron chi connectivity index (χ4n) is 2.06. The van der Waals surface area contributed by atoms with E-state index in [2.05, 4.69) is 27.3 Å². The van der Waals surface area contributed by atoms with Gasteiger partial charge in [0, 0.05) is 11.0 Å². The van der Waals surface area contributed by atoms with Crippen LogP contribution in [0.1, 0.15) is 24.8 Å². The molecule has 4 heteroatoms. The standard InChI is InChI=1S/C14H15BrN2O/c15-12-4-2-11(3-5-12)6-9-17-13(18)14(10-16)7-1-8-14/h2-5H,1,6-9H2,(H,17,18). The third-order valence-electron chi connectivity index (χ3n) is 3.47. The van der Waals surface area contributed by atoms with Crippen LogP contribution < -0.4 is 5.32 Å². The van der Waals surface area contributed by atoms with Crippen LogP contribution in [0.15, 0.2) is 28.7 Å². The maximum Gasteiger partial charge on any atom is 0.240 e. The second-order valence-electron chi connectivity index (χ2n) is 4.68. The van der Waals surface area contributed by atoms with Crippen molar-refractivity contribution in [2.24, 2.45) is 5.41 Å². The van der Waals surface area contributed by atoms with Crippen LogP contribution in [0.5, 0.6) is 0 Å². The van der Waals surface area contributed by atoms with E-state index in [0.717, 1.165) is 17.3 Å². The van der Waals surface area contributed by atoms with Crippen LogP contribution in [0.2, 0.25) is 0 Å². The van der Waals surface area contributed by atoms with Crippen molar-refractivity contribution in [2.45, 2.75) is 25.7 Å². The molecule has 0 bridgehead atoms. The number of amides is 1. The minimum atomic E-state index is -0.736. The molecule has 94 valence electrons. The van der Waals surface area contributed by atoms with Crippen molar-refractivity contribution >= 4 is 21.8 Å². The second-order valence-corrected chi connectivity index (χ2v) is 5.60. The fourth-order valence-corrected chi connectivity index (χ4v) is 2.32. The predicted molar refractivity (Wildman–Crippen MR) is 72.8 cm³/mol. The summed E-state index contributed by atoms with van der Waals surface area (Å²) in [6.45, 7) is 0.587. The zero-order valence-electron chi connectivity index (χ0n) is 10.1. The molecular weight excluding hydrogens is 292 g/mol. The molecule has 1 aromatic rings. The Morgan fingerprint density at radius 2 is 2.06 bits per heavy atom. The summed E-state index contributed by atoms with van der Waals surface area (Å²) in [5, 5.41) is 11.9. The summed E-state index contributed by atoms with van der Waals surface area (Å²) in [5.74, 6) is -0.103. The van der Waals surface area contributed by atoms with Crippen LogP contribution >= 0.6 is 15.9 Å². The lowest BCUT2D eigenvalue weighted by molar-refractivity contribution is -0.131. The van der Waals surface area contributed by atoms with Crippen molar-refractivity contribution in [3.8, 4) is 6.07 Å². The number of carbonyl (C=O) groups is 1. The molecule has 1 fully saturated rings. The Kier molecular flexibility index (Phi) is 4.03. The van der Waals surface area contributed by atoms with E-state index in [4.69, 9.17) is 5.26 Å². The van der Waals surface area contributed by atoms with E-state index in [0.29, 0.717) is 19.4 Å². The number of nitrogens with one attached hydrogen (secondary N) is 1. The molecule has 0 spiro atoms. The first-order valence-corrected chi connectivity index (χ1v) is 6.90. The van der Waals surface area contributed by atoms with Crippen molar-refractivity contribution < 1.29 is 4.79 Å². The summed E-state index contributed by atoms with van der Waals surface area (Å²) in [7, 11) is 0. The molecule has 1 aliphatic rings. The zero-order chi connectivity index (χ0) is 13.0. The third-order valence-corrected chi connectivity index (χ3v) is 4.00. The molecule has 0 radical (unpaired) electrons. The number of nitriles is 1. The van der Waals surface area contributed by atoms with Gasteiger partial charge in [0.2, 0.25) is 5.91 Å². The number of nitrogens with zero attached hydrogens (tertiary/aromatic N) is 1. The Balaban J connectivity index is 1.80. The Labute approximate surface area is 115 Å². The quantitative estimate of drug-likeness (QED) is 0.930. The maximum absolute atomic E-state index is 11.9. The van der Waals surface area contributed by atoms with Gasteiger partial charge in [-0.25, -0.2) is 0 Å². The van der Waals surface area contributed by atoms with Crippen molar-refractivity contribution in [3.05, 3.63) is 34.3 Å². The van der Waals surface area contributed by atoms with Gasteiger partial charge < -0.3 is 5.32 Å². The molecule has 1 amide bonds. The highest BCUT2D eigenvalue weighted by Gasteiger charge is 2.44. The monoisotopic (exact) mass is 306 g/mol. The van der Waals surface area contributed by atoms with Gasteiger partial charge in [0.05, 0.1) is 6.07 Å². The minimum Gasteiger partial charge on any atom is -0.354 e. The first kappa shape index (κ1) is 13.1.